The first-order valence-corrected chi connectivity index (χ1v) is 8.25. The number of ether oxygens (including phenoxy) is 2. The molecule has 11 nitrogen and oxygen atoms in total. The van der Waals surface area contributed by atoms with Crippen LogP contribution in [0.15, 0.2) is 11.1 Å². The van der Waals surface area contributed by atoms with Crippen molar-refractivity contribution >= 4 is 17.1 Å². The van der Waals surface area contributed by atoms with Crippen LogP contribution in [0.5, 0.6) is 5.75 Å². The number of hydrogen-bond donors (Lipinski definition) is 4. The van der Waals surface area contributed by atoms with Gasteiger partial charge in [0.2, 0.25) is 23.3 Å². The third kappa shape index (κ3) is 3.12. The van der Waals surface area contributed by atoms with Gasteiger partial charge in [0.1, 0.15) is 24.9 Å². The SMILES string of the molecule is Nc1nc2c(ncn2[C@@H]2O[C@H](COc3c(F)c(F)nc(F)c3F)[C@@H](O)[C@H]2O)c(=O)[nH]1. The number of aromatic nitrogens is 5. The van der Waals surface area contributed by atoms with Crippen LogP contribution in [0.4, 0.5) is 23.5 Å². The van der Waals surface area contributed by atoms with Gasteiger partial charge in [-0.3, -0.25) is 14.3 Å². The topological polar surface area (TPSA) is 161 Å². The molecule has 3 aromatic rings. The highest BCUT2D eigenvalue weighted by atomic mass is 19.2. The van der Waals surface area contributed by atoms with E-state index >= 15 is 0 Å². The van der Waals surface area contributed by atoms with Gasteiger partial charge < -0.3 is 25.4 Å². The van der Waals surface area contributed by atoms with Crippen LogP contribution in [0.3, 0.4) is 0 Å². The van der Waals surface area contributed by atoms with Crippen molar-refractivity contribution in [3.05, 3.63) is 40.2 Å². The number of rotatable bonds is 4. The molecule has 1 aliphatic heterocycles. The first-order chi connectivity index (χ1) is 14.2. The van der Waals surface area contributed by atoms with Crippen molar-refractivity contribution in [3.8, 4) is 5.75 Å². The molecule has 0 unspecified atom stereocenters. The molecule has 3 aromatic heterocycles. The first-order valence-electron chi connectivity index (χ1n) is 8.25. The second kappa shape index (κ2) is 7.19. The molecule has 160 valence electrons. The lowest BCUT2D eigenvalue weighted by Gasteiger charge is -2.17. The Balaban J connectivity index is 1.59. The van der Waals surface area contributed by atoms with E-state index in [0.717, 1.165) is 10.9 Å². The van der Waals surface area contributed by atoms with Crippen molar-refractivity contribution in [2.24, 2.45) is 0 Å². The number of hydrogen-bond acceptors (Lipinski definition) is 9. The monoisotopic (exact) mass is 432 g/mol. The molecule has 0 bridgehead atoms. The van der Waals surface area contributed by atoms with E-state index in [4.69, 9.17) is 15.2 Å². The van der Waals surface area contributed by atoms with Gasteiger partial charge >= 0.3 is 0 Å². The van der Waals surface area contributed by atoms with Crippen molar-refractivity contribution in [2.45, 2.75) is 24.5 Å². The molecule has 30 heavy (non-hydrogen) atoms. The minimum absolute atomic E-state index is 0.0653. The van der Waals surface area contributed by atoms with Gasteiger partial charge in [0, 0.05) is 0 Å². The number of nitrogens with one attached hydrogen (secondary N) is 1. The summed E-state index contributed by atoms with van der Waals surface area (Å²) in [5.74, 6) is -9.24. The molecule has 4 rings (SSSR count). The Bertz CT molecular complexity index is 1160. The van der Waals surface area contributed by atoms with Crippen molar-refractivity contribution in [1.29, 1.82) is 0 Å². The second-order valence-electron chi connectivity index (χ2n) is 6.28. The average Bonchev–Trinajstić information content (AvgIpc) is 3.22. The van der Waals surface area contributed by atoms with E-state index in [9.17, 15) is 32.6 Å². The van der Waals surface area contributed by atoms with Crippen molar-refractivity contribution in [2.75, 3.05) is 12.3 Å². The first kappa shape index (κ1) is 20.0. The third-order valence-electron chi connectivity index (χ3n) is 4.41. The highest BCUT2D eigenvalue weighted by Crippen LogP contribution is 2.32. The van der Waals surface area contributed by atoms with Crippen LogP contribution >= 0.6 is 0 Å². The summed E-state index contributed by atoms with van der Waals surface area (Å²) >= 11 is 0. The normalized spacial score (nSPS) is 23.9. The number of aliphatic hydroxyl groups excluding tert-OH is 2. The Labute approximate surface area is 162 Å². The lowest BCUT2D eigenvalue weighted by atomic mass is 10.1. The van der Waals surface area contributed by atoms with E-state index < -0.39 is 66.0 Å². The highest BCUT2D eigenvalue weighted by Gasteiger charge is 2.45. The fourth-order valence-corrected chi connectivity index (χ4v) is 2.99. The summed E-state index contributed by atoms with van der Waals surface area (Å²) in [5.41, 5.74) is 4.64. The Kier molecular flexibility index (Phi) is 4.79. The van der Waals surface area contributed by atoms with Gasteiger partial charge in [-0.15, -0.1) is 0 Å². The standard InChI is InChI=1S/C15H12F4N6O5/c16-4-9(5(17)11(19)22-10(4)18)29-1-3-7(26)8(27)14(30-3)25-2-21-6-12(25)23-15(20)24-13(6)28/h2-3,7-8,14,26-27H,1H2,(H3,20,23,24,28)/t3-,7-,8-,14-/m1/s1. The molecule has 0 aromatic carbocycles. The summed E-state index contributed by atoms with van der Waals surface area (Å²) in [5, 5.41) is 20.5. The number of H-pyrrole nitrogens is 1. The molecule has 0 saturated carbocycles. The minimum atomic E-state index is -1.92. The number of fused-ring (bicyclic) bond motifs is 1. The van der Waals surface area contributed by atoms with Gasteiger partial charge in [-0.2, -0.15) is 27.5 Å². The lowest BCUT2D eigenvalue weighted by Crippen LogP contribution is -2.34. The molecule has 15 heteroatoms. The molecule has 0 amide bonds. The van der Waals surface area contributed by atoms with Crippen LogP contribution < -0.4 is 16.0 Å². The van der Waals surface area contributed by atoms with Gasteiger partial charge in [0.25, 0.3) is 17.5 Å². The zero-order valence-corrected chi connectivity index (χ0v) is 14.6. The summed E-state index contributed by atoms with van der Waals surface area (Å²) in [6.07, 6.45) is -4.88. The maximum atomic E-state index is 13.7. The zero-order valence-electron chi connectivity index (χ0n) is 14.6. The van der Waals surface area contributed by atoms with E-state index in [1.807, 2.05) is 0 Å². The number of halogens is 4. The zero-order chi connectivity index (χ0) is 21.7. The number of nitrogen functional groups attached to an aromatic ring is 1. The van der Waals surface area contributed by atoms with Gasteiger partial charge in [-0.25, -0.2) is 4.98 Å². The predicted octanol–water partition coefficient (Wildman–Crippen LogP) is -0.649. The molecule has 0 aliphatic carbocycles. The minimum Gasteiger partial charge on any atom is -0.484 e. The van der Waals surface area contributed by atoms with Crippen LogP contribution in [0.1, 0.15) is 6.23 Å². The Hall–Kier alpha value is -3.30. The fourth-order valence-electron chi connectivity index (χ4n) is 2.99. The van der Waals surface area contributed by atoms with Gasteiger partial charge in [0.15, 0.2) is 17.4 Å². The molecule has 1 aliphatic rings. The molecule has 5 N–H and O–H groups in total. The van der Waals surface area contributed by atoms with Gasteiger partial charge in [0.05, 0.1) is 6.33 Å². The fraction of sp³-hybridized carbons (Fsp3) is 0.333. The Morgan fingerprint density at radius 1 is 1.17 bits per heavy atom. The molecule has 4 heterocycles. The number of anilines is 1. The van der Waals surface area contributed by atoms with E-state index in [-0.39, 0.29) is 17.1 Å². The van der Waals surface area contributed by atoms with Crippen LogP contribution in [-0.4, -0.2) is 59.6 Å². The van der Waals surface area contributed by atoms with E-state index in [0.29, 0.717) is 0 Å². The molecule has 1 fully saturated rings. The van der Waals surface area contributed by atoms with Crippen molar-refractivity contribution < 1.29 is 37.2 Å². The number of aliphatic hydroxyl groups is 2. The van der Waals surface area contributed by atoms with Crippen LogP contribution in [0.2, 0.25) is 0 Å². The maximum absolute atomic E-state index is 13.7. The van der Waals surface area contributed by atoms with Crippen molar-refractivity contribution in [1.82, 2.24) is 24.5 Å². The maximum Gasteiger partial charge on any atom is 0.280 e. The smallest absolute Gasteiger partial charge is 0.280 e. The van der Waals surface area contributed by atoms with E-state index in [1.165, 1.54) is 0 Å². The summed E-state index contributed by atoms with van der Waals surface area (Å²) in [4.78, 5) is 24.2. The molecular weight excluding hydrogens is 420 g/mol. The quantitative estimate of drug-likeness (QED) is 0.310. The van der Waals surface area contributed by atoms with Crippen LogP contribution in [0.25, 0.3) is 11.2 Å². The Morgan fingerprint density at radius 3 is 2.50 bits per heavy atom. The largest absolute Gasteiger partial charge is 0.484 e. The number of nitrogens with zero attached hydrogens (tertiary/aromatic N) is 4. The number of pyridine rings is 1. The molecule has 0 radical (unpaired) electrons. The van der Waals surface area contributed by atoms with Crippen molar-refractivity contribution in [3.63, 3.8) is 0 Å². The molecule has 4 atom stereocenters. The summed E-state index contributed by atoms with van der Waals surface area (Å²) < 4.78 is 64.9. The third-order valence-corrected chi connectivity index (χ3v) is 4.41. The summed E-state index contributed by atoms with van der Waals surface area (Å²) in [7, 11) is 0. The summed E-state index contributed by atoms with van der Waals surface area (Å²) in [6.45, 7) is -0.797. The van der Waals surface area contributed by atoms with Gasteiger partial charge in [-0.1, -0.05) is 0 Å². The van der Waals surface area contributed by atoms with Crippen LogP contribution in [0, 0.1) is 23.5 Å². The number of aromatic amines is 1. The van der Waals surface area contributed by atoms with Crippen LogP contribution in [-0.2, 0) is 4.74 Å². The second-order valence-corrected chi connectivity index (χ2v) is 6.28. The van der Waals surface area contributed by atoms with E-state index in [1.54, 1.807) is 0 Å². The van der Waals surface area contributed by atoms with E-state index in [2.05, 4.69) is 19.9 Å². The molecular formula is C15H12F4N6O5. The molecule has 0 spiro atoms. The predicted molar refractivity (Wildman–Crippen MR) is 88.0 cm³/mol. The van der Waals surface area contributed by atoms with Gasteiger partial charge in [-0.05, 0) is 0 Å². The highest BCUT2D eigenvalue weighted by molar-refractivity contribution is 5.70. The number of imidazole rings is 1. The number of nitrogens with two attached hydrogens (primary N) is 1. The lowest BCUT2D eigenvalue weighted by molar-refractivity contribution is -0.0483. The molecule has 1 saturated heterocycles. The average molecular weight is 432 g/mol. The Morgan fingerprint density at radius 2 is 1.83 bits per heavy atom. The summed E-state index contributed by atoms with van der Waals surface area (Å²) in [6, 6.07) is 0.